The molecule has 0 unspecified atom stereocenters. The molecular weight excluding hydrogens is 240 g/mol. The van der Waals surface area contributed by atoms with E-state index in [1.807, 2.05) is 0 Å². The highest BCUT2D eigenvalue weighted by Gasteiger charge is 2.35. The van der Waals surface area contributed by atoms with E-state index in [9.17, 15) is 0 Å². The van der Waals surface area contributed by atoms with Crippen molar-refractivity contribution in [2.24, 2.45) is 0 Å². The second-order valence-corrected chi connectivity index (χ2v) is 6.36. The summed E-state index contributed by atoms with van der Waals surface area (Å²) in [6, 6.07) is 13.5. The SMILES string of the molecule is CCC.Cc1cc2c(cc1C)C(C)(C)c1ccccc1-2. The molecule has 0 amide bonds. The van der Waals surface area contributed by atoms with E-state index in [4.69, 9.17) is 0 Å². The van der Waals surface area contributed by atoms with Crippen LogP contribution in [-0.4, -0.2) is 0 Å². The molecule has 0 aliphatic heterocycles. The number of aryl methyl sites for hydroxylation is 2. The Kier molecular flexibility index (Phi) is 4.04. The lowest BCUT2D eigenvalue weighted by Gasteiger charge is -2.22. The van der Waals surface area contributed by atoms with Crippen molar-refractivity contribution in [2.45, 2.75) is 53.4 Å². The molecule has 0 saturated heterocycles. The van der Waals surface area contributed by atoms with Gasteiger partial charge >= 0.3 is 0 Å². The summed E-state index contributed by atoms with van der Waals surface area (Å²) in [6.45, 7) is 13.3. The zero-order valence-electron chi connectivity index (χ0n) is 13.7. The molecule has 106 valence electrons. The highest BCUT2D eigenvalue weighted by molar-refractivity contribution is 5.81. The van der Waals surface area contributed by atoms with Crippen LogP contribution in [0.15, 0.2) is 36.4 Å². The normalized spacial score (nSPS) is 14.1. The van der Waals surface area contributed by atoms with Crippen LogP contribution in [0.5, 0.6) is 0 Å². The van der Waals surface area contributed by atoms with Gasteiger partial charge < -0.3 is 0 Å². The van der Waals surface area contributed by atoms with Gasteiger partial charge in [-0.15, -0.1) is 0 Å². The Morgan fingerprint density at radius 2 is 1.35 bits per heavy atom. The molecule has 0 N–H and O–H groups in total. The molecule has 1 aliphatic carbocycles. The summed E-state index contributed by atoms with van der Waals surface area (Å²) in [6.07, 6.45) is 1.25. The minimum atomic E-state index is 0.143. The number of benzene rings is 2. The van der Waals surface area contributed by atoms with Crippen LogP contribution in [0.4, 0.5) is 0 Å². The van der Waals surface area contributed by atoms with E-state index in [0.717, 1.165) is 0 Å². The Morgan fingerprint density at radius 3 is 2.00 bits per heavy atom. The van der Waals surface area contributed by atoms with E-state index in [2.05, 4.69) is 77.9 Å². The quantitative estimate of drug-likeness (QED) is 0.546. The zero-order valence-corrected chi connectivity index (χ0v) is 13.7. The maximum atomic E-state index is 2.37. The second kappa shape index (κ2) is 5.44. The van der Waals surface area contributed by atoms with Crippen LogP contribution in [0.2, 0.25) is 0 Å². The summed E-state index contributed by atoms with van der Waals surface area (Å²) in [5.74, 6) is 0. The topological polar surface area (TPSA) is 0 Å². The lowest BCUT2D eigenvalue weighted by atomic mass is 9.82. The predicted molar refractivity (Wildman–Crippen MR) is 89.4 cm³/mol. The van der Waals surface area contributed by atoms with Gasteiger partial charge in [0.25, 0.3) is 0 Å². The minimum absolute atomic E-state index is 0.143. The number of fused-ring (bicyclic) bond motifs is 3. The van der Waals surface area contributed by atoms with Crippen molar-refractivity contribution < 1.29 is 0 Å². The third kappa shape index (κ3) is 2.28. The van der Waals surface area contributed by atoms with Crippen LogP contribution in [0, 0.1) is 13.8 Å². The predicted octanol–water partition coefficient (Wildman–Crippen LogP) is 6.03. The number of rotatable bonds is 0. The first-order valence-corrected chi connectivity index (χ1v) is 7.65. The second-order valence-electron chi connectivity index (χ2n) is 6.36. The smallest absolute Gasteiger partial charge is 0.0158 e. The maximum absolute atomic E-state index is 2.37. The van der Waals surface area contributed by atoms with Crippen molar-refractivity contribution in [1.29, 1.82) is 0 Å². The van der Waals surface area contributed by atoms with Gasteiger partial charge in [0.05, 0.1) is 0 Å². The molecular formula is C20H26. The first-order valence-electron chi connectivity index (χ1n) is 7.65. The maximum Gasteiger partial charge on any atom is 0.0158 e. The molecule has 0 nitrogen and oxygen atoms in total. The van der Waals surface area contributed by atoms with Crippen LogP contribution in [0.25, 0.3) is 11.1 Å². The van der Waals surface area contributed by atoms with Crippen LogP contribution in [0.3, 0.4) is 0 Å². The summed E-state index contributed by atoms with van der Waals surface area (Å²) in [5.41, 5.74) is 8.69. The van der Waals surface area contributed by atoms with Crippen molar-refractivity contribution in [1.82, 2.24) is 0 Å². The van der Waals surface area contributed by atoms with E-state index >= 15 is 0 Å². The largest absolute Gasteiger partial charge is 0.0656 e. The average Bonchev–Trinajstić information content (AvgIpc) is 2.62. The van der Waals surface area contributed by atoms with Crippen LogP contribution in [0.1, 0.15) is 56.4 Å². The molecule has 1 aliphatic rings. The Bertz CT molecular complexity index is 618. The first kappa shape index (κ1) is 14.8. The third-order valence-corrected chi connectivity index (χ3v) is 4.20. The lowest BCUT2D eigenvalue weighted by Crippen LogP contribution is -2.15. The van der Waals surface area contributed by atoms with E-state index in [1.165, 1.54) is 39.8 Å². The van der Waals surface area contributed by atoms with E-state index in [-0.39, 0.29) is 5.41 Å². The molecule has 0 aromatic heterocycles. The highest BCUT2D eigenvalue weighted by Crippen LogP contribution is 2.49. The molecule has 0 spiro atoms. The fourth-order valence-electron chi connectivity index (χ4n) is 2.96. The van der Waals surface area contributed by atoms with Gasteiger partial charge in [-0.3, -0.25) is 0 Å². The molecule has 2 aromatic rings. The van der Waals surface area contributed by atoms with E-state index in [0.29, 0.717) is 0 Å². The van der Waals surface area contributed by atoms with Crippen molar-refractivity contribution in [3.63, 3.8) is 0 Å². The molecule has 0 radical (unpaired) electrons. The summed E-state index contributed by atoms with van der Waals surface area (Å²) in [5, 5.41) is 0. The fourth-order valence-corrected chi connectivity index (χ4v) is 2.96. The fraction of sp³-hybridized carbons (Fsp3) is 0.400. The number of hydrogen-bond donors (Lipinski definition) is 0. The van der Waals surface area contributed by atoms with Crippen molar-refractivity contribution in [3.05, 3.63) is 58.7 Å². The lowest BCUT2D eigenvalue weighted by molar-refractivity contribution is 0.659. The van der Waals surface area contributed by atoms with Gasteiger partial charge in [-0.25, -0.2) is 0 Å². The van der Waals surface area contributed by atoms with Crippen LogP contribution < -0.4 is 0 Å². The van der Waals surface area contributed by atoms with Crippen LogP contribution in [-0.2, 0) is 5.41 Å². The molecule has 3 rings (SSSR count). The molecule has 20 heavy (non-hydrogen) atoms. The Hall–Kier alpha value is -1.56. The highest BCUT2D eigenvalue weighted by atomic mass is 14.4. The van der Waals surface area contributed by atoms with Gasteiger partial charge in [-0.1, -0.05) is 70.5 Å². The molecule has 0 heteroatoms. The molecule has 0 heterocycles. The van der Waals surface area contributed by atoms with Gasteiger partial charge in [0.2, 0.25) is 0 Å². The van der Waals surface area contributed by atoms with Crippen molar-refractivity contribution in [3.8, 4) is 11.1 Å². The summed E-state index contributed by atoms with van der Waals surface area (Å²) in [7, 11) is 0. The summed E-state index contributed by atoms with van der Waals surface area (Å²) < 4.78 is 0. The van der Waals surface area contributed by atoms with Gasteiger partial charge in [0.1, 0.15) is 0 Å². The zero-order chi connectivity index (χ0) is 14.9. The van der Waals surface area contributed by atoms with Crippen molar-refractivity contribution >= 4 is 0 Å². The third-order valence-electron chi connectivity index (χ3n) is 4.20. The average molecular weight is 266 g/mol. The van der Waals surface area contributed by atoms with Gasteiger partial charge in [-0.05, 0) is 47.2 Å². The van der Waals surface area contributed by atoms with Crippen molar-refractivity contribution in [2.75, 3.05) is 0 Å². The van der Waals surface area contributed by atoms with E-state index < -0.39 is 0 Å². The monoisotopic (exact) mass is 266 g/mol. The Balaban J connectivity index is 0.000000452. The van der Waals surface area contributed by atoms with Crippen LogP contribution >= 0.6 is 0 Å². The first-order chi connectivity index (χ1) is 9.43. The Morgan fingerprint density at radius 1 is 0.800 bits per heavy atom. The minimum Gasteiger partial charge on any atom is -0.0656 e. The number of hydrogen-bond acceptors (Lipinski definition) is 0. The van der Waals surface area contributed by atoms with Gasteiger partial charge in [0, 0.05) is 5.41 Å². The van der Waals surface area contributed by atoms with Gasteiger partial charge in [-0.2, -0.15) is 0 Å². The molecule has 2 aromatic carbocycles. The van der Waals surface area contributed by atoms with Gasteiger partial charge in [0.15, 0.2) is 0 Å². The molecule has 0 saturated carbocycles. The Labute approximate surface area is 123 Å². The standard InChI is InChI=1S/C17H18.C3H8/c1-11-9-14-13-7-5-6-8-15(13)17(3,4)16(14)10-12(11)2;1-3-2/h5-10H,1-4H3;3H2,1-2H3. The summed E-state index contributed by atoms with van der Waals surface area (Å²) >= 11 is 0. The molecule has 0 atom stereocenters. The molecule has 0 fully saturated rings. The summed E-state index contributed by atoms with van der Waals surface area (Å²) in [4.78, 5) is 0. The molecule has 0 bridgehead atoms. The van der Waals surface area contributed by atoms with E-state index in [1.54, 1.807) is 0 Å².